The Hall–Kier alpha value is -1.91. The highest BCUT2D eigenvalue weighted by molar-refractivity contribution is 5.92. The summed E-state index contributed by atoms with van der Waals surface area (Å²) in [4.78, 5) is 11.0. The summed E-state index contributed by atoms with van der Waals surface area (Å²) in [6, 6.07) is 1.46. The van der Waals surface area contributed by atoms with Crippen molar-refractivity contribution < 1.29 is 9.90 Å². The molecule has 1 aromatic rings. The topological polar surface area (TPSA) is 75.1 Å². The van der Waals surface area contributed by atoms with Gasteiger partial charge in [-0.05, 0) is 38.2 Å². The fourth-order valence-electron chi connectivity index (χ4n) is 2.11. The van der Waals surface area contributed by atoms with Crippen molar-refractivity contribution in [2.45, 2.75) is 32.1 Å². The molecule has 0 aliphatic heterocycles. The van der Waals surface area contributed by atoms with Gasteiger partial charge in [0.05, 0.1) is 6.20 Å². The van der Waals surface area contributed by atoms with E-state index in [2.05, 4.69) is 21.6 Å². The molecule has 2 rings (SSSR count). The molecular formula is C13H17N3O2. The average Bonchev–Trinajstić information content (AvgIpc) is 2.40. The first kappa shape index (κ1) is 12.5. The van der Waals surface area contributed by atoms with E-state index in [1.165, 1.54) is 37.1 Å². The second-order valence-corrected chi connectivity index (χ2v) is 4.38. The Morgan fingerprint density at radius 3 is 3.06 bits per heavy atom. The molecule has 1 aliphatic rings. The predicted octanol–water partition coefficient (Wildman–Crippen LogP) is 2.48. The number of nitrogens with one attached hydrogen (secondary N) is 1. The molecule has 0 amide bonds. The first-order valence-corrected chi connectivity index (χ1v) is 6.24. The van der Waals surface area contributed by atoms with Crippen LogP contribution in [0.15, 0.2) is 23.9 Å². The van der Waals surface area contributed by atoms with Crippen LogP contribution >= 0.6 is 0 Å². The van der Waals surface area contributed by atoms with E-state index in [9.17, 15) is 4.79 Å². The normalized spacial score (nSPS) is 15.0. The summed E-state index contributed by atoms with van der Waals surface area (Å²) >= 11 is 0. The van der Waals surface area contributed by atoms with E-state index in [0.717, 1.165) is 12.8 Å². The molecule has 0 saturated heterocycles. The third kappa shape index (κ3) is 3.29. The summed E-state index contributed by atoms with van der Waals surface area (Å²) in [5, 5.41) is 19.6. The lowest BCUT2D eigenvalue weighted by molar-refractivity contribution is 0.0697. The van der Waals surface area contributed by atoms with Crippen LogP contribution in [0.2, 0.25) is 0 Å². The van der Waals surface area contributed by atoms with Crippen LogP contribution in [0.4, 0.5) is 5.82 Å². The predicted molar refractivity (Wildman–Crippen MR) is 68.6 cm³/mol. The van der Waals surface area contributed by atoms with Gasteiger partial charge < -0.3 is 10.4 Å². The molecule has 0 bridgehead atoms. The number of aromatic carboxylic acids is 1. The van der Waals surface area contributed by atoms with E-state index >= 15 is 0 Å². The Balaban J connectivity index is 1.90. The standard InChI is InChI=1S/C13H17N3O2/c17-13(18)11-7-9-15-16-12(11)14-8-6-10-4-2-1-3-5-10/h4,7,9H,1-3,5-6,8H2,(H,14,16)(H,17,18). The average molecular weight is 247 g/mol. The third-order valence-electron chi connectivity index (χ3n) is 3.07. The van der Waals surface area contributed by atoms with Gasteiger partial charge in [-0.25, -0.2) is 4.79 Å². The van der Waals surface area contributed by atoms with Crippen LogP contribution in [0.3, 0.4) is 0 Å². The molecule has 0 spiro atoms. The number of carbonyl (C=O) groups is 1. The van der Waals surface area contributed by atoms with Crippen LogP contribution in [0.1, 0.15) is 42.5 Å². The van der Waals surface area contributed by atoms with Crippen LogP contribution in [0.5, 0.6) is 0 Å². The minimum atomic E-state index is -0.982. The van der Waals surface area contributed by atoms with Crippen molar-refractivity contribution >= 4 is 11.8 Å². The number of rotatable bonds is 5. The summed E-state index contributed by atoms with van der Waals surface area (Å²) in [6.45, 7) is 0.699. The molecule has 96 valence electrons. The van der Waals surface area contributed by atoms with Crippen molar-refractivity contribution in [3.05, 3.63) is 29.5 Å². The highest BCUT2D eigenvalue weighted by Crippen LogP contribution is 2.20. The first-order chi connectivity index (χ1) is 8.77. The van der Waals surface area contributed by atoms with Crippen molar-refractivity contribution in [3.8, 4) is 0 Å². The maximum Gasteiger partial charge on any atom is 0.339 e. The molecule has 0 atom stereocenters. The minimum absolute atomic E-state index is 0.169. The fraction of sp³-hybridized carbons (Fsp3) is 0.462. The van der Waals surface area contributed by atoms with Gasteiger partial charge in [0, 0.05) is 6.54 Å². The molecule has 5 nitrogen and oxygen atoms in total. The molecule has 0 unspecified atom stereocenters. The maximum atomic E-state index is 11.0. The van der Waals surface area contributed by atoms with E-state index in [4.69, 9.17) is 5.11 Å². The molecule has 1 aromatic heterocycles. The number of carboxylic acids is 1. The number of nitrogens with zero attached hydrogens (tertiary/aromatic N) is 2. The molecule has 0 fully saturated rings. The Bertz CT molecular complexity index is 457. The SMILES string of the molecule is O=C(O)c1ccnnc1NCCC1=CCCCC1. The summed E-state index contributed by atoms with van der Waals surface area (Å²) in [5.41, 5.74) is 1.62. The van der Waals surface area contributed by atoms with E-state index in [1.807, 2.05) is 0 Å². The van der Waals surface area contributed by atoms with Gasteiger partial charge in [0.15, 0.2) is 5.82 Å². The highest BCUT2D eigenvalue weighted by atomic mass is 16.4. The maximum absolute atomic E-state index is 11.0. The van der Waals surface area contributed by atoms with Crippen LogP contribution in [0.25, 0.3) is 0 Å². The number of hydrogen-bond acceptors (Lipinski definition) is 4. The lowest BCUT2D eigenvalue weighted by Crippen LogP contribution is -2.11. The van der Waals surface area contributed by atoms with E-state index in [-0.39, 0.29) is 5.56 Å². The monoisotopic (exact) mass is 247 g/mol. The molecular weight excluding hydrogens is 230 g/mol. The largest absolute Gasteiger partial charge is 0.478 e. The highest BCUT2D eigenvalue weighted by Gasteiger charge is 2.11. The van der Waals surface area contributed by atoms with Crippen molar-refractivity contribution in [1.29, 1.82) is 0 Å². The Kier molecular flexibility index (Phi) is 4.28. The van der Waals surface area contributed by atoms with Gasteiger partial charge in [-0.2, -0.15) is 5.10 Å². The molecule has 0 aromatic carbocycles. The third-order valence-corrected chi connectivity index (χ3v) is 3.07. The molecule has 5 heteroatoms. The zero-order valence-corrected chi connectivity index (χ0v) is 10.2. The summed E-state index contributed by atoms with van der Waals surface area (Å²) in [6.07, 6.45) is 9.49. The van der Waals surface area contributed by atoms with Gasteiger partial charge in [-0.15, -0.1) is 5.10 Å². The van der Waals surface area contributed by atoms with Gasteiger partial charge in [0.2, 0.25) is 0 Å². The van der Waals surface area contributed by atoms with Crippen LogP contribution in [-0.4, -0.2) is 27.8 Å². The van der Waals surface area contributed by atoms with Crippen molar-refractivity contribution in [3.63, 3.8) is 0 Å². The summed E-state index contributed by atoms with van der Waals surface area (Å²) < 4.78 is 0. The van der Waals surface area contributed by atoms with Crippen molar-refractivity contribution in [2.24, 2.45) is 0 Å². The lowest BCUT2D eigenvalue weighted by Gasteiger charge is -2.13. The van der Waals surface area contributed by atoms with Gasteiger partial charge >= 0.3 is 5.97 Å². The lowest BCUT2D eigenvalue weighted by atomic mass is 9.97. The van der Waals surface area contributed by atoms with Gasteiger partial charge in [-0.3, -0.25) is 0 Å². The van der Waals surface area contributed by atoms with E-state index in [0.29, 0.717) is 12.4 Å². The van der Waals surface area contributed by atoms with Crippen LogP contribution < -0.4 is 5.32 Å². The first-order valence-electron chi connectivity index (χ1n) is 6.24. The number of carboxylic acid groups (broad SMARTS) is 1. The van der Waals surface area contributed by atoms with Gasteiger partial charge in [0.1, 0.15) is 5.56 Å². The quantitative estimate of drug-likeness (QED) is 0.782. The fourth-order valence-corrected chi connectivity index (χ4v) is 2.11. The second-order valence-electron chi connectivity index (χ2n) is 4.38. The Labute approximate surface area is 106 Å². The molecule has 0 radical (unpaired) electrons. The molecule has 18 heavy (non-hydrogen) atoms. The Morgan fingerprint density at radius 1 is 1.44 bits per heavy atom. The van der Waals surface area contributed by atoms with Gasteiger partial charge in [0.25, 0.3) is 0 Å². The molecule has 1 heterocycles. The van der Waals surface area contributed by atoms with Crippen LogP contribution in [0, 0.1) is 0 Å². The number of allylic oxidation sites excluding steroid dienone is 1. The molecule has 1 aliphatic carbocycles. The number of anilines is 1. The minimum Gasteiger partial charge on any atom is -0.478 e. The van der Waals surface area contributed by atoms with Crippen molar-refractivity contribution in [2.75, 3.05) is 11.9 Å². The zero-order chi connectivity index (χ0) is 12.8. The molecule has 0 saturated carbocycles. The van der Waals surface area contributed by atoms with Crippen LogP contribution in [-0.2, 0) is 0 Å². The van der Waals surface area contributed by atoms with E-state index in [1.54, 1.807) is 0 Å². The van der Waals surface area contributed by atoms with Crippen molar-refractivity contribution in [1.82, 2.24) is 10.2 Å². The smallest absolute Gasteiger partial charge is 0.339 e. The number of aromatic nitrogens is 2. The zero-order valence-electron chi connectivity index (χ0n) is 10.2. The summed E-state index contributed by atoms with van der Waals surface area (Å²) in [5.74, 6) is -0.634. The van der Waals surface area contributed by atoms with Gasteiger partial charge in [-0.1, -0.05) is 11.6 Å². The summed E-state index contributed by atoms with van der Waals surface area (Å²) in [7, 11) is 0. The second kappa shape index (κ2) is 6.14. The molecule has 2 N–H and O–H groups in total. The number of hydrogen-bond donors (Lipinski definition) is 2. The van der Waals surface area contributed by atoms with E-state index < -0.39 is 5.97 Å². The Morgan fingerprint density at radius 2 is 2.33 bits per heavy atom.